The summed E-state index contributed by atoms with van der Waals surface area (Å²) >= 11 is 13.3. The van der Waals surface area contributed by atoms with Crippen molar-refractivity contribution in [2.24, 2.45) is 0 Å². The normalized spacial score (nSPS) is 10.7. The monoisotopic (exact) mass is 432 g/mol. The zero-order valence-corrected chi connectivity index (χ0v) is 17.5. The van der Waals surface area contributed by atoms with Crippen molar-refractivity contribution in [2.45, 2.75) is 18.6 Å². The van der Waals surface area contributed by atoms with Gasteiger partial charge in [0.2, 0.25) is 5.91 Å². The molecule has 0 atom stereocenters. The van der Waals surface area contributed by atoms with Gasteiger partial charge in [-0.1, -0.05) is 65.3 Å². The van der Waals surface area contributed by atoms with Gasteiger partial charge in [0.05, 0.1) is 16.5 Å². The van der Waals surface area contributed by atoms with Crippen LogP contribution in [-0.2, 0) is 11.3 Å². The summed E-state index contributed by atoms with van der Waals surface area (Å²) in [6.07, 6.45) is 1.78. The molecule has 1 N–H and O–H groups in total. The standard InChI is InChI=1S/C20H18Cl2N4OS/c1-3-10-26-19(15-7-5-4-6-13(15)2)24-25-20(26)28-12-18(27)23-17-11-14(21)8-9-16(17)22/h3-9,11H,1,10,12H2,2H3,(H,23,27). The highest BCUT2D eigenvalue weighted by Crippen LogP contribution is 2.28. The number of hydrogen-bond donors (Lipinski definition) is 1. The summed E-state index contributed by atoms with van der Waals surface area (Å²) in [4.78, 5) is 12.3. The summed E-state index contributed by atoms with van der Waals surface area (Å²) < 4.78 is 1.94. The van der Waals surface area contributed by atoms with E-state index in [1.54, 1.807) is 24.3 Å². The molecule has 0 unspecified atom stereocenters. The molecule has 0 spiro atoms. The molecular weight excluding hydrogens is 415 g/mol. The van der Waals surface area contributed by atoms with Gasteiger partial charge >= 0.3 is 0 Å². The fraction of sp³-hybridized carbons (Fsp3) is 0.150. The second-order valence-electron chi connectivity index (χ2n) is 5.98. The van der Waals surface area contributed by atoms with Crippen LogP contribution in [0.3, 0.4) is 0 Å². The lowest BCUT2D eigenvalue weighted by Gasteiger charge is -2.10. The minimum absolute atomic E-state index is 0.159. The van der Waals surface area contributed by atoms with Gasteiger partial charge < -0.3 is 5.32 Å². The quantitative estimate of drug-likeness (QED) is 0.396. The third kappa shape index (κ3) is 4.76. The van der Waals surface area contributed by atoms with E-state index in [-0.39, 0.29) is 11.7 Å². The van der Waals surface area contributed by atoms with Crippen molar-refractivity contribution in [3.05, 3.63) is 70.7 Å². The number of hydrogen-bond acceptors (Lipinski definition) is 4. The lowest BCUT2D eigenvalue weighted by Crippen LogP contribution is -2.15. The van der Waals surface area contributed by atoms with Crippen molar-refractivity contribution < 1.29 is 4.79 Å². The maximum absolute atomic E-state index is 12.3. The minimum atomic E-state index is -0.209. The number of allylic oxidation sites excluding steroid dienone is 1. The van der Waals surface area contributed by atoms with Gasteiger partial charge in [-0.05, 0) is 30.7 Å². The Hall–Kier alpha value is -2.28. The molecule has 2 aromatic carbocycles. The average Bonchev–Trinajstić information content (AvgIpc) is 3.06. The van der Waals surface area contributed by atoms with Crippen LogP contribution in [0.1, 0.15) is 5.56 Å². The molecule has 28 heavy (non-hydrogen) atoms. The number of nitrogens with one attached hydrogen (secondary N) is 1. The van der Waals surface area contributed by atoms with Gasteiger partial charge in [-0.25, -0.2) is 0 Å². The molecule has 0 bridgehead atoms. The summed E-state index contributed by atoms with van der Waals surface area (Å²) in [5.41, 5.74) is 2.58. The molecule has 0 fully saturated rings. The number of aryl methyl sites for hydroxylation is 1. The summed E-state index contributed by atoms with van der Waals surface area (Å²) in [5.74, 6) is 0.699. The molecule has 3 aromatic rings. The zero-order chi connectivity index (χ0) is 20.1. The molecule has 144 valence electrons. The van der Waals surface area contributed by atoms with Gasteiger partial charge in [-0.3, -0.25) is 9.36 Å². The molecule has 0 radical (unpaired) electrons. The van der Waals surface area contributed by atoms with Crippen LogP contribution >= 0.6 is 35.0 Å². The molecule has 3 rings (SSSR count). The predicted octanol–water partition coefficient (Wildman–Crippen LogP) is 5.48. The van der Waals surface area contributed by atoms with Crippen LogP contribution in [0.25, 0.3) is 11.4 Å². The first-order chi connectivity index (χ1) is 13.5. The largest absolute Gasteiger partial charge is 0.324 e. The summed E-state index contributed by atoms with van der Waals surface area (Å²) in [5, 5.41) is 12.9. The molecule has 1 heterocycles. The first-order valence-corrected chi connectivity index (χ1v) is 10.2. The van der Waals surface area contributed by atoms with Crippen molar-refractivity contribution in [1.82, 2.24) is 14.8 Å². The summed E-state index contributed by atoms with van der Waals surface area (Å²) in [6.45, 7) is 6.38. The molecule has 1 amide bonds. The number of rotatable bonds is 7. The fourth-order valence-electron chi connectivity index (χ4n) is 2.62. The van der Waals surface area contributed by atoms with Crippen molar-refractivity contribution in [3.8, 4) is 11.4 Å². The minimum Gasteiger partial charge on any atom is -0.324 e. The van der Waals surface area contributed by atoms with Crippen LogP contribution in [0.5, 0.6) is 0 Å². The van der Waals surface area contributed by atoms with Crippen LogP contribution < -0.4 is 5.32 Å². The van der Waals surface area contributed by atoms with Gasteiger partial charge in [-0.15, -0.1) is 16.8 Å². The Labute approximate surface area is 177 Å². The highest BCUT2D eigenvalue weighted by atomic mass is 35.5. The van der Waals surface area contributed by atoms with Crippen molar-refractivity contribution in [3.63, 3.8) is 0 Å². The molecule has 0 aliphatic carbocycles. The van der Waals surface area contributed by atoms with Crippen LogP contribution in [-0.4, -0.2) is 26.4 Å². The first-order valence-electron chi connectivity index (χ1n) is 8.47. The first kappa shape index (κ1) is 20.5. The fourth-order valence-corrected chi connectivity index (χ4v) is 3.71. The third-order valence-corrected chi connectivity index (χ3v) is 5.48. The van der Waals surface area contributed by atoms with E-state index in [4.69, 9.17) is 23.2 Å². The van der Waals surface area contributed by atoms with E-state index in [0.717, 1.165) is 17.0 Å². The van der Waals surface area contributed by atoms with E-state index in [1.165, 1.54) is 11.8 Å². The van der Waals surface area contributed by atoms with Crippen LogP contribution in [0.4, 0.5) is 5.69 Å². The lowest BCUT2D eigenvalue weighted by atomic mass is 10.1. The SMILES string of the molecule is C=CCn1c(SCC(=O)Nc2cc(Cl)ccc2Cl)nnc1-c1ccccc1C. The molecular formula is C20H18Cl2N4OS. The summed E-state index contributed by atoms with van der Waals surface area (Å²) in [6, 6.07) is 12.9. The van der Waals surface area contributed by atoms with E-state index < -0.39 is 0 Å². The number of halogens is 2. The van der Waals surface area contributed by atoms with Crippen LogP contribution in [0.2, 0.25) is 10.0 Å². The number of carbonyl (C=O) groups is 1. The van der Waals surface area contributed by atoms with Gasteiger partial charge in [0.25, 0.3) is 0 Å². The Morgan fingerprint density at radius 2 is 2.04 bits per heavy atom. The Kier molecular flexibility index (Phi) is 6.78. The average molecular weight is 433 g/mol. The predicted molar refractivity (Wildman–Crippen MR) is 116 cm³/mol. The second kappa shape index (κ2) is 9.28. The number of benzene rings is 2. The van der Waals surface area contributed by atoms with E-state index >= 15 is 0 Å². The Morgan fingerprint density at radius 1 is 1.25 bits per heavy atom. The Bertz CT molecular complexity index is 1020. The van der Waals surface area contributed by atoms with Gasteiger partial charge in [0.15, 0.2) is 11.0 Å². The molecule has 1 aromatic heterocycles. The Balaban J connectivity index is 1.75. The zero-order valence-electron chi connectivity index (χ0n) is 15.2. The van der Waals surface area contributed by atoms with E-state index in [2.05, 4.69) is 22.1 Å². The number of aromatic nitrogens is 3. The second-order valence-corrected chi connectivity index (χ2v) is 7.77. The van der Waals surface area contributed by atoms with E-state index in [1.807, 2.05) is 35.8 Å². The highest BCUT2D eigenvalue weighted by Gasteiger charge is 2.16. The topological polar surface area (TPSA) is 59.8 Å². The van der Waals surface area contributed by atoms with Gasteiger partial charge in [-0.2, -0.15) is 0 Å². The molecule has 0 saturated carbocycles. The van der Waals surface area contributed by atoms with Crippen molar-refractivity contribution in [1.29, 1.82) is 0 Å². The maximum atomic E-state index is 12.3. The number of nitrogens with zero attached hydrogens (tertiary/aromatic N) is 3. The van der Waals surface area contributed by atoms with Gasteiger partial charge in [0.1, 0.15) is 0 Å². The maximum Gasteiger partial charge on any atom is 0.234 e. The highest BCUT2D eigenvalue weighted by molar-refractivity contribution is 7.99. The number of thioether (sulfide) groups is 1. The molecule has 0 aliphatic rings. The molecule has 0 aliphatic heterocycles. The van der Waals surface area contributed by atoms with Crippen molar-refractivity contribution >= 4 is 46.6 Å². The third-order valence-electron chi connectivity index (χ3n) is 3.95. The Morgan fingerprint density at radius 3 is 2.79 bits per heavy atom. The molecule has 5 nitrogen and oxygen atoms in total. The van der Waals surface area contributed by atoms with E-state index in [0.29, 0.717) is 27.4 Å². The molecule has 8 heteroatoms. The van der Waals surface area contributed by atoms with Gasteiger partial charge in [0, 0.05) is 17.1 Å². The van der Waals surface area contributed by atoms with E-state index in [9.17, 15) is 4.79 Å². The summed E-state index contributed by atoms with van der Waals surface area (Å²) in [7, 11) is 0. The van der Waals surface area contributed by atoms with Crippen LogP contribution in [0, 0.1) is 6.92 Å². The van der Waals surface area contributed by atoms with Crippen molar-refractivity contribution in [2.75, 3.05) is 11.1 Å². The molecule has 0 saturated heterocycles. The van der Waals surface area contributed by atoms with Crippen LogP contribution in [0.15, 0.2) is 60.3 Å². The number of amides is 1. The smallest absolute Gasteiger partial charge is 0.234 e. The lowest BCUT2D eigenvalue weighted by molar-refractivity contribution is -0.113. The number of anilines is 1. The number of carbonyl (C=O) groups excluding carboxylic acids is 1.